The minimum atomic E-state index is -0.0972. The van der Waals surface area contributed by atoms with E-state index in [1.807, 2.05) is 0 Å². The normalized spacial score (nSPS) is 11.3. The van der Waals surface area contributed by atoms with Gasteiger partial charge in [-0.25, -0.2) is 0 Å². The lowest BCUT2D eigenvalue weighted by Crippen LogP contribution is -2.29. The van der Waals surface area contributed by atoms with Crippen molar-refractivity contribution in [3.05, 3.63) is 0 Å². The van der Waals surface area contributed by atoms with Crippen molar-refractivity contribution in [2.24, 2.45) is 0 Å². The second kappa shape index (κ2) is 41.2. The van der Waals surface area contributed by atoms with Crippen LogP contribution in [0.5, 0.6) is 0 Å². The lowest BCUT2D eigenvalue weighted by Gasteiger charge is -2.21. The van der Waals surface area contributed by atoms with Gasteiger partial charge < -0.3 is 19.5 Å². The van der Waals surface area contributed by atoms with Crippen LogP contribution >= 0.6 is 0 Å². The van der Waals surface area contributed by atoms with Crippen molar-refractivity contribution in [3.8, 4) is 11.8 Å². The largest absolute Gasteiger partial charge is 0.465 e. The van der Waals surface area contributed by atoms with Gasteiger partial charge in [0.1, 0.15) is 12.7 Å². The van der Waals surface area contributed by atoms with Crippen molar-refractivity contribution in [2.45, 2.75) is 232 Å². The Labute approximate surface area is 317 Å². The van der Waals surface area contributed by atoms with Gasteiger partial charge in [-0.1, -0.05) is 149 Å². The molecule has 0 heterocycles. The zero-order valence-electron chi connectivity index (χ0n) is 34.3. The van der Waals surface area contributed by atoms with Crippen LogP contribution in [0.1, 0.15) is 226 Å². The molecule has 0 aliphatic heterocycles. The molecule has 0 amide bonds. The number of ether oxygens (including phenoxy) is 2. The van der Waals surface area contributed by atoms with Crippen LogP contribution < -0.4 is 0 Å². The molecule has 0 saturated heterocycles. The van der Waals surface area contributed by atoms with Crippen LogP contribution in [0.15, 0.2) is 0 Å². The molecule has 0 aromatic carbocycles. The Hall–Kier alpha value is -1.58. The number of esters is 2. The molecule has 0 aliphatic rings. The van der Waals surface area contributed by atoms with E-state index in [1.165, 1.54) is 103 Å². The summed E-state index contributed by atoms with van der Waals surface area (Å²) < 4.78 is 11.3. The Morgan fingerprint density at radius 2 is 0.941 bits per heavy atom. The lowest BCUT2D eigenvalue weighted by atomic mass is 10.0. The van der Waals surface area contributed by atoms with Crippen molar-refractivity contribution in [1.29, 1.82) is 0 Å². The van der Waals surface area contributed by atoms with Gasteiger partial charge in [0.25, 0.3) is 0 Å². The number of aliphatic hydroxyl groups is 1. The van der Waals surface area contributed by atoms with Crippen LogP contribution in [-0.4, -0.2) is 60.9 Å². The van der Waals surface area contributed by atoms with Crippen molar-refractivity contribution in [2.75, 3.05) is 32.8 Å². The number of hydrogen-bond acceptors (Lipinski definition) is 6. The smallest absolute Gasteiger partial charge is 0.306 e. The van der Waals surface area contributed by atoms with Gasteiger partial charge in [-0.3, -0.25) is 9.59 Å². The molecule has 300 valence electrons. The molecule has 0 saturated carbocycles. The zero-order valence-corrected chi connectivity index (χ0v) is 34.3. The van der Waals surface area contributed by atoms with Crippen molar-refractivity contribution < 1.29 is 24.2 Å². The Bertz CT molecular complexity index is 790. The number of unbranched alkanes of at least 4 members (excludes halogenated alkanes) is 22. The van der Waals surface area contributed by atoms with Gasteiger partial charge in [0.2, 0.25) is 0 Å². The van der Waals surface area contributed by atoms with E-state index in [1.54, 1.807) is 0 Å². The summed E-state index contributed by atoms with van der Waals surface area (Å²) in [6.45, 7) is 10.1. The molecule has 0 aromatic heterocycles. The summed E-state index contributed by atoms with van der Waals surface area (Å²) in [6, 6.07) is 0. The summed E-state index contributed by atoms with van der Waals surface area (Å²) in [5.74, 6) is 6.21. The molecule has 51 heavy (non-hydrogen) atoms. The second-order valence-corrected chi connectivity index (χ2v) is 15.0. The predicted octanol–water partition coefficient (Wildman–Crippen LogP) is 12.3. The number of nitrogens with zero attached hydrogens (tertiary/aromatic N) is 1. The quantitative estimate of drug-likeness (QED) is 0.0387. The summed E-state index contributed by atoms with van der Waals surface area (Å²) in [6.07, 6.45) is 35.9. The van der Waals surface area contributed by atoms with Gasteiger partial charge in [-0.15, -0.1) is 5.92 Å². The van der Waals surface area contributed by atoms with Crippen molar-refractivity contribution >= 4 is 11.9 Å². The van der Waals surface area contributed by atoms with Gasteiger partial charge in [0.15, 0.2) is 0 Å². The predicted molar refractivity (Wildman–Crippen MR) is 217 cm³/mol. The van der Waals surface area contributed by atoms with E-state index in [9.17, 15) is 14.7 Å². The number of rotatable bonds is 39. The van der Waals surface area contributed by atoms with E-state index >= 15 is 0 Å². The molecular formula is C45H85NO5. The number of carbonyl (C=O) groups excluding carboxylic acids is 2. The summed E-state index contributed by atoms with van der Waals surface area (Å²) in [5, 5.41) is 9.54. The fourth-order valence-electron chi connectivity index (χ4n) is 6.66. The minimum Gasteiger partial charge on any atom is -0.465 e. The number of aliphatic hydroxyl groups excluding tert-OH is 1. The van der Waals surface area contributed by atoms with Crippen molar-refractivity contribution in [3.63, 3.8) is 0 Å². The number of hydrogen-bond donors (Lipinski definition) is 1. The molecule has 0 unspecified atom stereocenters. The third-order valence-electron chi connectivity index (χ3n) is 9.95. The van der Waals surface area contributed by atoms with E-state index in [-0.39, 0.29) is 24.6 Å². The van der Waals surface area contributed by atoms with Crippen LogP contribution in [0.4, 0.5) is 0 Å². The minimum absolute atomic E-state index is 0.00965. The average Bonchev–Trinajstić information content (AvgIpc) is 3.12. The first-order valence-corrected chi connectivity index (χ1v) is 22.2. The van der Waals surface area contributed by atoms with Crippen LogP contribution in [-0.2, 0) is 19.1 Å². The molecule has 6 nitrogen and oxygen atoms in total. The van der Waals surface area contributed by atoms with Crippen LogP contribution in [0.25, 0.3) is 0 Å². The lowest BCUT2D eigenvalue weighted by molar-refractivity contribution is -0.150. The topological polar surface area (TPSA) is 76.1 Å². The second-order valence-electron chi connectivity index (χ2n) is 15.0. The summed E-state index contributed by atoms with van der Waals surface area (Å²) in [5.41, 5.74) is 0. The standard InChI is InChI=1S/C45H85NO5/c1-4-7-10-13-16-17-26-33-42-50-44(48)36-29-22-18-24-31-38-46(40-41-47)39-32-25-19-23-30-37-45(49)51-43(34-27-20-14-11-8-5-2)35-28-21-15-12-9-6-3/h43,47H,4-16,18-25,27-42H2,1-3H3. The maximum Gasteiger partial charge on any atom is 0.306 e. The maximum absolute atomic E-state index is 12.7. The van der Waals surface area contributed by atoms with Crippen LogP contribution in [0.2, 0.25) is 0 Å². The summed E-state index contributed by atoms with van der Waals surface area (Å²) >= 11 is 0. The SMILES string of the molecule is CCCCCCC#CCCOC(=O)CCCCCCCN(CCO)CCCCCCCC(=O)OC(CCCCCCCC)CCCCCCCC. The third kappa shape index (κ3) is 38.0. The fraction of sp³-hybridized carbons (Fsp3) is 0.911. The van der Waals surface area contributed by atoms with Gasteiger partial charge in [0.05, 0.1) is 6.61 Å². The first-order valence-electron chi connectivity index (χ1n) is 22.2. The van der Waals surface area contributed by atoms with Gasteiger partial charge in [0, 0.05) is 32.2 Å². The Morgan fingerprint density at radius 3 is 1.47 bits per heavy atom. The molecule has 1 N–H and O–H groups in total. The van der Waals surface area contributed by atoms with E-state index in [0.717, 1.165) is 103 Å². The zero-order chi connectivity index (χ0) is 37.3. The highest BCUT2D eigenvalue weighted by atomic mass is 16.5. The number of carbonyl (C=O) groups is 2. The van der Waals surface area contributed by atoms with Crippen LogP contribution in [0, 0.1) is 11.8 Å². The Morgan fingerprint density at radius 1 is 0.510 bits per heavy atom. The molecule has 0 aliphatic carbocycles. The molecule has 0 spiro atoms. The Balaban J connectivity index is 3.96. The van der Waals surface area contributed by atoms with Crippen molar-refractivity contribution in [1.82, 2.24) is 4.90 Å². The maximum atomic E-state index is 12.7. The molecule has 6 heteroatoms. The highest BCUT2D eigenvalue weighted by molar-refractivity contribution is 5.69. The van der Waals surface area contributed by atoms with Crippen LogP contribution in [0.3, 0.4) is 0 Å². The average molecular weight is 720 g/mol. The fourth-order valence-corrected chi connectivity index (χ4v) is 6.66. The molecule has 0 aromatic rings. The summed E-state index contributed by atoms with van der Waals surface area (Å²) in [4.78, 5) is 27.0. The highest BCUT2D eigenvalue weighted by Gasteiger charge is 2.14. The highest BCUT2D eigenvalue weighted by Crippen LogP contribution is 2.18. The van der Waals surface area contributed by atoms with E-state index in [2.05, 4.69) is 37.5 Å². The third-order valence-corrected chi connectivity index (χ3v) is 9.95. The summed E-state index contributed by atoms with van der Waals surface area (Å²) in [7, 11) is 0. The molecule has 0 radical (unpaired) electrons. The van der Waals surface area contributed by atoms with E-state index in [4.69, 9.17) is 9.47 Å². The molecule has 0 atom stereocenters. The van der Waals surface area contributed by atoms with Gasteiger partial charge in [-0.2, -0.15) is 0 Å². The molecule has 0 rings (SSSR count). The monoisotopic (exact) mass is 720 g/mol. The van der Waals surface area contributed by atoms with E-state index in [0.29, 0.717) is 25.9 Å². The first-order chi connectivity index (χ1) is 25.1. The van der Waals surface area contributed by atoms with Gasteiger partial charge in [-0.05, 0) is 70.9 Å². The molecule has 0 bridgehead atoms. The van der Waals surface area contributed by atoms with Gasteiger partial charge >= 0.3 is 11.9 Å². The van der Waals surface area contributed by atoms with E-state index < -0.39 is 0 Å². The first kappa shape index (κ1) is 49.4. The molecule has 0 fully saturated rings. The molecular weight excluding hydrogens is 634 g/mol. The Kier molecular flexibility index (Phi) is 39.9.